The summed E-state index contributed by atoms with van der Waals surface area (Å²) in [7, 11) is 0. The first kappa shape index (κ1) is 18.0. The van der Waals surface area contributed by atoms with E-state index in [2.05, 4.69) is 29.6 Å². The van der Waals surface area contributed by atoms with Crippen LogP contribution in [0.1, 0.15) is 39.9 Å². The van der Waals surface area contributed by atoms with Crippen LogP contribution >= 0.6 is 23.4 Å². The zero-order valence-electron chi connectivity index (χ0n) is 15.1. The van der Waals surface area contributed by atoms with Crippen molar-refractivity contribution in [2.75, 3.05) is 16.8 Å². The monoisotopic (exact) mass is 412 g/mol. The number of hydrogen-bond donors (Lipinski definition) is 1. The summed E-state index contributed by atoms with van der Waals surface area (Å²) in [5.41, 5.74) is 2.78. The molecule has 1 aliphatic carbocycles. The molecule has 2 aromatic rings. The smallest absolute Gasteiger partial charge is 0.120 e. The maximum atomic E-state index is 11.7. The molecule has 3 atom stereocenters. The number of aromatic carboxylic acids is 1. The van der Waals surface area contributed by atoms with Crippen LogP contribution in [0.4, 0.5) is 5.69 Å². The van der Waals surface area contributed by atoms with Crippen LogP contribution in [-0.2, 0) is 0 Å². The van der Waals surface area contributed by atoms with Gasteiger partial charge in [0.15, 0.2) is 0 Å². The second kappa shape index (κ2) is 7.05. The number of carboxylic acids is 1. The van der Waals surface area contributed by atoms with E-state index in [1.165, 1.54) is 0 Å². The van der Waals surface area contributed by atoms with E-state index >= 15 is 0 Å². The van der Waals surface area contributed by atoms with Crippen molar-refractivity contribution in [3.63, 3.8) is 0 Å². The second-order valence-electron chi connectivity index (χ2n) is 7.50. The number of fused-ring (bicyclic) bond motifs is 3. The molecule has 0 amide bonds. The predicted molar refractivity (Wildman–Crippen MR) is 110 cm³/mol. The molecule has 3 aliphatic rings. The average molecular weight is 413 g/mol. The van der Waals surface area contributed by atoms with Gasteiger partial charge >= 0.3 is 0 Å². The molecule has 0 unspecified atom stereocenters. The Labute approximate surface area is 172 Å². The number of ether oxygens (including phenoxy) is 1. The first-order valence-electron chi connectivity index (χ1n) is 9.43. The molecule has 0 radical (unpaired) electrons. The van der Waals surface area contributed by atoms with Gasteiger partial charge in [0.25, 0.3) is 0 Å². The molecule has 4 nitrogen and oxygen atoms in total. The molecule has 2 aliphatic heterocycles. The van der Waals surface area contributed by atoms with Crippen LogP contribution in [0.25, 0.3) is 0 Å². The number of nitrogens with one attached hydrogen (secondary N) is 1. The van der Waals surface area contributed by atoms with Gasteiger partial charge in [-0.1, -0.05) is 42.0 Å². The Bertz CT molecular complexity index is 972. The molecule has 0 bridgehead atoms. The Morgan fingerprint density at radius 1 is 1.25 bits per heavy atom. The fourth-order valence-electron chi connectivity index (χ4n) is 4.44. The lowest BCUT2D eigenvalue weighted by molar-refractivity contribution is -0.255. The summed E-state index contributed by atoms with van der Waals surface area (Å²) in [5.74, 6) is 2.01. The quantitative estimate of drug-likeness (QED) is 0.768. The largest absolute Gasteiger partial charge is 0.545 e. The Balaban J connectivity index is 1.54. The van der Waals surface area contributed by atoms with Gasteiger partial charge in [-0.25, -0.2) is 0 Å². The molecule has 6 heteroatoms. The van der Waals surface area contributed by atoms with Gasteiger partial charge in [-0.3, -0.25) is 0 Å². The highest BCUT2D eigenvalue weighted by Gasteiger charge is 2.40. The zero-order valence-corrected chi connectivity index (χ0v) is 16.6. The van der Waals surface area contributed by atoms with Gasteiger partial charge < -0.3 is 20.0 Å². The summed E-state index contributed by atoms with van der Waals surface area (Å²) < 4.78 is 6.06. The molecule has 144 valence electrons. The van der Waals surface area contributed by atoms with Crippen LogP contribution in [0, 0.1) is 5.92 Å². The minimum atomic E-state index is -1.17. The number of carbonyl (C=O) groups excluding carboxylic acids is 1. The third-order valence-corrected chi connectivity index (χ3v) is 7.35. The lowest BCUT2D eigenvalue weighted by atomic mass is 9.75. The third kappa shape index (κ3) is 2.97. The van der Waals surface area contributed by atoms with E-state index in [-0.39, 0.29) is 23.4 Å². The first-order chi connectivity index (χ1) is 13.6. The second-order valence-corrected chi connectivity index (χ2v) is 8.98. The lowest BCUT2D eigenvalue weighted by Crippen LogP contribution is -2.33. The number of allylic oxidation sites excluding steroid dienone is 2. The number of hydrogen-bond acceptors (Lipinski definition) is 5. The summed E-state index contributed by atoms with van der Waals surface area (Å²) in [6.45, 7) is 0. The lowest BCUT2D eigenvalue weighted by Gasteiger charge is -2.39. The number of carbonyl (C=O) groups is 1. The van der Waals surface area contributed by atoms with Crippen molar-refractivity contribution in [2.24, 2.45) is 5.92 Å². The number of halogens is 1. The molecule has 5 rings (SSSR count). The first-order valence-corrected chi connectivity index (χ1v) is 11.0. The molecule has 0 saturated carbocycles. The highest BCUT2D eigenvalue weighted by atomic mass is 35.5. The molecule has 1 N–H and O–H groups in total. The fraction of sp³-hybridized carbons (Fsp3) is 0.318. The Morgan fingerprint density at radius 2 is 2.11 bits per heavy atom. The maximum Gasteiger partial charge on any atom is 0.120 e. The van der Waals surface area contributed by atoms with Gasteiger partial charge in [-0.05, 0) is 41.7 Å². The molecule has 2 aromatic carbocycles. The predicted octanol–water partition coefficient (Wildman–Crippen LogP) is 4.02. The van der Waals surface area contributed by atoms with Gasteiger partial charge in [0.2, 0.25) is 0 Å². The Morgan fingerprint density at radius 3 is 2.86 bits per heavy atom. The van der Waals surface area contributed by atoms with Gasteiger partial charge in [-0.15, -0.1) is 0 Å². The van der Waals surface area contributed by atoms with E-state index in [9.17, 15) is 9.90 Å². The van der Waals surface area contributed by atoms with Crippen LogP contribution in [0.15, 0.2) is 48.6 Å². The molecule has 28 heavy (non-hydrogen) atoms. The number of carboxylic acid groups (broad SMARTS) is 1. The van der Waals surface area contributed by atoms with Crippen molar-refractivity contribution in [1.82, 2.24) is 0 Å². The summed E-state index contributed by atoms with van der Waals surface area (Å²) in [6.07, 6.45) is 5.41. The topological polar surface area (TPSA) is 61.4 Å². The summed E-state index contributed by atoms with van der Waals surface area (Å²) in [4.78, 5) is 11.7. The molecule has 1 fully saturated rings. The van der Waals surface area contributed by atoms with E-state index in [0.717, 1.165) is 34.8 Å². The molecular formula is C22H19ClNO3S-. The van der Waals surface area contributed by atoms with Crippen molar-refractivity contribution >= 4 is 35.0 Å². The number of anilines is 1. The van der Waals surface area contributed by atoms with Crippen LogP contribution in [0.3, 0.4) is 0 Å². The normalized spacial score (nSPS) is 25.4. The Hall–Kier alpha value is -2.11. The zero-order chi connectivity index (χ0) is 19.3. The molecule has 0 spiro atoms. The van der Waals surface area contributed by atoms with E-state index in [1.54, 1.807) is 12.1 Å². The third-order valence-electron chi connectivity index (χ3n) is 5.82. The average Bonchev–Trinajstić information content (AvgIpc) is 3.14. The van der Waals surface area contributed by atoms with Crippen molar-refractivity contribution < 1.29 is 14.6 Å². The fourth-order valence-corrected chi connectivity index (χ4v) is 5.22. The number of benzene rings is 2. The van der Waals surface area contributed by atoms with Crippen LogP contribution in [-0.4, -0.2) is 23.6 Å². The van der Waals surface area contributed by atoms with Crippen molar-refractivity contribution in [3.8, 4) is 5.75 Å². The van der Waals surface area contributed by atoms with E-state index < -0.39 is 5.97 Å². The summed E-state index contributed by atoms with van der Waals surface area (Å²) >= 11 is 8.35. The SMILES string of the molecule is O=C([O-])c1ccc(Cl)c2c1[C@@H]1C=CC[C@H]1[C@@H](c1cccc(OC3CSC3)c1)N2. The number of thioether (sulfide) groups is 1. The van der Waals surface area contributed by atoms with Gasteiger partial charge in [0.1, 0.15) is 11.9 Å². The van der Waals surface area contributed by atoms with E-state index in [0.29, 0.717) is 16.8 Å². The highest BCUT2D eigenvalue weighted by Crippen LogP contribution is 2.52. The minimum absolute atomic E-state index is 0.000423. The van der Waals surface area contributed by atoms with E-state index in [1.807, 2.05) is 23.9 Å². The standard InChI is InChI=1S/C22H20ClNO3S/c23-18-8-7-17(22(25)26)19-15-5-2-6-16(15)20(24-21(18)19)12-3-1-4-13(9-12)27-14-10-28-11-14/h1-5,7-9,14-16,20,24H,6,10-11H2,(H,25,26)/p-1/t15-,16-,20-/m1/s1. The van der Waals surface area contributed by atoms with Gasteiger partial charge in [-0.2, -0.15) is 11.8 Å². The van der Waals surface area contributed by atoms with Crippen molar-refractivity contribution in [2.45, 2.75) is 24.5 Å². The minimum Gasteiger partial charge on any atom is -0.545 e. The summed E-state index contributed by atoms with van der Waals surface area (Å²) in [5, 5.41) is 15.7. The van der Waals surface area contributed by atoms with Crippen molar-refractivity contribution in [1.29, 1.82) is 0 Å². The number of rotatable bonds is 4. The molecule has 2 heterocycles. The van der Waals surface area contributed by atoms with Crippen LogP contribution in [0.5, 0.6) is 5.75 Å². The van der Waals surface area contributed by atoms with Gasteiger partial charge in [0.05, 0.1) is 22.7 Å². The maximum absolute atomic E-state index is 11.7. The van der Waals surface area contributed by atoms with Crippen molar-refractivity contribution in [3.05, 3.63) is 70.3 Å². The molecular weight excluding hydrogens is 394 g/mol. The van der Waals surface area contributed by atoms with Crippen LogP contribution < -0.4 is 15.2 Å². The molecule has 0 aromatic heterocycles. The molecule has 1 saturated heterocycles. The highest BCUT2D eigenvalue weighted by molar-refractivity contribution is 8.00. The van der Waals surface area contributed by atoms with Crippen LogP contribution in [0.2, 0.25) is 5.02 Å². The van der Waals surface area contributed by atoms with Gasteiger partial charge in [0, 0.05) is 23.0 Å². The summed E-state index contributed by atoms with van der Waals surface area (Å²) in [6, 6.07) is 11.4. The Kier molecular flexibility index (Phi) is 4.52. The van der Waals surface area contributed by atoms with E-state index in [4.69, 9.17) is 16.3 Å².